The van der Waals surface area contributed by atoms with Gasteiger partial charge >= 0.3 is 0 Å². The maximum Gasteiger partial charge on any atom is 0.208 e. The SMILES string of the molecule is CS/C(=N\C#N)N(C)Cc1ccc(Cl)nc1. The number of nitriles is 1. The lowest BCUT2D eigenvalue weighted by Gasteiger charge is -2.18. The minimum Gasteiger partial charge on any atom is -0.349 e. The van der Waals surface area contributed by atoms with Crippen molar-refractivity contribution in [1.82, 2.24) is 9.88 Å². The van der Waals surface area contributed by atoms with Gasteiger partial charge in [0.2, 0.25) is 6.19 Å². The molecular weight excluding hydrogens is 244 g/mol. The molecule has 0 unspecified atom stereocenters. The Bertz CT molecular complexity index is 410. The van der Waals surface area contributed by atoms with Crippen LogP contribution in [0, 0.1) is 11.5 Å². The number of aliphatic imine (C=N–C) groups is 1. The summed E-state index contributed by atoms with van der Waals surface area (Å²) in [6.45, 7) is 0.644. The zero-order valence-electron chi connectivity index (χ0n) is 9.01. The Morgan fingerprint density at radius 3 is 2.94 bits per heavy atom. The highest BCUT2D eigenvalue weighted by atomic mass is 35.5. The molecule has 0 aromatic carbocycles. The number of halogens is 1. The molecule has 0 spiro atoms. The molecule has 0 aliphatic heterocycles. The molecule has 84 valence electrons. The van der Waals surface area contributed by atoms with Gasteiger partial charge in [0, 0.05) is 19.8 Å². The van der Waals surface area contributed by atoms with Crippen molar-refractivity contribution in [2.75, 3.05) is 13.3 Å². The molecular formula is C10H11ClN4S. The molecule has 0 atom stereocenters. The second-order valence-corrected chi connectivity index (χ2v) is 4.20. The van der Waals surface area contributed by atoms with Gasteiger partial charge in [0.15, 0.2) is 5.17 Å². The monoisotopic (exact) mass is 254 g/mol. The van der Waals surface area contributed by atoms with Gasteiger partial charge in [-0.2, -0.15) is 5.26 Å². The van der Waals surface area contributed by atoms with Gasteiger partial charge in [0.05, 0.1) is 0 Å². The standard InChI is InChI=1S/C10H11ClN4S/c1-15(10(16-2)14-7-12)6-8-3-4-9(11)13-5-8/h3-5H,6H2,1-2H3/b14-10-. The van der Waals surface area contributed by atoms with Crippen LogP contribution in [-0.2, 0) is 6.54 Å². The zero-order valence-corrected chi connectivity index (χ0v) is 10.6. The van der Waals surface area contributed by atoms with E-state index in [1.165, 1.54) is 11.8 Å². The van der Waals surface area contributed by atoms with Crippen LogP contribution in [0.25, 0.3) is 0 Å². The van der Waals surface area contributed by atoms with E-state index in [-0.39, 0.29) is 0 Å². The van der Waals surface area contributed by atoms with Crippen molar-refractivity contribution in [3.05, 3.63) is 29.0 Å². The number of hydrogen-bond acceptors (Lipinski definition) is 4. The minimum atomic E-state index is 0.474. The van der Waals surface area contributed by atoms with Gasteiger partial charge in [0.25, 0.3) is 0 Å². The molecule has 1 aromatic heterocycles. The lowest BCUT2D eigenvalue weighted by Crippen LogP contribution is -2.23. The van der Waals surface area contributed by atoms with E-state index in [0.29, 0.717) is 16.9 Å². The van der Waals surface area contributed by atoms with Gasteiger partial charge in [0.1, 0.15) is 5.15 Å². The summed E-state index contributed by atoms with van der Waals surface area (Å²) in [7, 11) is 1.88. The fourth-order valence-electron chi connectivity index (χ4n) is 1.17. The first-order valence-electron chi connectivity index (χ1n) is 4.49. The molecule has 0 amide bonds. The van der Waals surface area contributed by atoms with Crippen molar-refractivity contribution >= 4 is 28.5 Å². The molecule has 0 N–H and O–H groups in total. The third-order valence-electron chi connectivity index (χ3n) is 1.86. The third-order valence-corrected chi connectivity index (χ3v) is 2.85. The lowest BCUT2D eigenvalue weighted by molar-refractivity contribution is 0.510. The van der Waals surface area contributed by atoms with Gasteiger partial charge in [-0.1, -0.05) is 29.4 Å². The van der Waals surface area contributed by atoms with Crippen LogP contribution in [0.4, 0.5) is 0 Å². The van der Waals surface area contributed by atoms with Crippen LogP contribution in [0.2, 0.25) is 5.15 Å². The van der Waals surface area contributed by atoms with E-state index in [4.69, 9.17) is 16.9 Å². The highest BCUT2D eigenvalue weighted by molar-refractivity contribution is 8.13. The summed E-state index contributed by atoms with van der Waals surface area (Å²) in [5.41, 5.74) is 1.02. The summed E-state index contributed by atoms with van der Waals surface area (Å²) < 4.78 is 0. The Balaban J connectivity index is 2.71. The summed E-state index contributed by atoms with van der Waals surface area (Å²) in [5.74, 6) is 0. The molecule has 0 saturated heterocycles. The van der Waals surface area contributed by atoms with E-state index in [1.54, 1.807) is 18.5 Å². The van der Waals surface area contributed by atoms with Crippen LogP contribution in [0.15, 0.2) is 23.3 Å². The molecule has 1 rings (SSSR count). The maximum atomic E-state index is 8.51. The molecule has 6 heteroatoms. The number of nitrogens with zero attached hydrogens (tertiary/aromatic N) is 4. The molecule has 0 aliphatic carbocycles. The van der Waals surface area contributed by atoms with Crippen molar-refractivity contribution < 1.29 is 0 Å². The van der Waals surface area contributed by atoms with E-state index >= 15 is 0 Å². The number of hydrogen-bond donors (Lipinski definition) is 0. The smallest absolute Gasteiger partial charge is 0.208 e. The van der Waals surface area contributed by atoms with Crippen molar-refractivity contribution in [2.24, 2.45) is 4.99 Å². The first-order valence-corrected chi connectivity index (χ1v) is 6.10. The van der Waals surface area contributed by atoms with Crippen LogP contribution >= 0.6 is 23.4 Å². The Morgan fingerprint density at radius 2 is 2.44 bits per heavy atom. The number of thioether (sulfide) groups is 1. The highest BCUT2D eigenvalue weighted by Gasteiger charge is 2.06. The van der Waals surface area contributed by atoms with Crippen LogP contribution < -0.4 is 0 Å². The summed E-state index contributed by atoms with van der Waals surface area (Å²) in [5, 5.41) is 9.66. The Morgan fingerprint density at radius 1 is 1.69 bits per heavy atom. The molecule has 1 aromatic rings. The number of pyridine rings is 1. The Hall–Kier alpha value is -1.25. The lowest BCUT2D eigenvalue weighted by atomic mass is 10.3. The average molecular weight is 255 g/mol. The summed E-state index contributed by atoms with van der Waals surface area (Å²) >= 11 is 7.12. The van der Waals surface area contributed by atoms with Crippen LogP contribution in [0.1, 0.15) is 5.56 Å². The van der Waals surface area contributed by atoms with Gasteiger partial charge in [-0.05, 0) is 17.9 Å². The van der Waals surface area contributed by atoms with Gasteiger partial charge in [-0.25, -0.2) is 4.98 Å². The van der Waals surface area contributed by atoms with E-state index in [2.05, 4.69) is 9.98 Å². The molecule has 0 radical (unpaired) electrons. The fraction of sp³-hybridized carbons (Fsp3) is 0.300. The molecule has 0 aliphatic rings. The van der Waals surface area contributed by atoms with Crippen molar-refractivity contribution in [3.63, 3.8) is 0 Å². The topological polar surface area (TPSA) is 52.3 Å². The average Bonchev–Trinajstić information content (AvgIpc) is 2.29. The van der Waals surface area contributed by atoms with Gasteiger partial charge in [-0.3, -0.25) is 0 Å². The zero-order chi connectivity index (χ0) is 12.0. The normalized spacial score (nSPS) is 11.0. The second kappa shape index (κ2) is 6.36. The highest BCUT2D eigenvalue weighted by Crippen LogP contribution is 2.10. The summed E-state index contributed by atoms with van der Waals surface area (Å²) in [6.07, 6.45) is 5.38. The Kier molecular flexibility index (Phi) is 5.09. The largest absolute Gasteiger partial charge is 0.349 e. The van der Waals surface area contributed by atoms with Crippen molar-refractivity contribution in [1.29, 1.82) is 5.26 Å². The molecule has 1 heterocycles. The van der Waals surface area contributed by atoms with Crippen LogP contribution in [0.3, 0.4) is 0 Å². The summed E-state index contributed by atoms with van der Waals surface area (Å²) in [4.78, 5) is 9.60. The van der Waals surface area contributed by atoms with Crippen LogP contribution in [-0.4, -0.2) is 28.4 Å². The molecule has 0 bridgehead atoms. The van der Waals surface area contributed by atoms with E-state index in [9.17, 15) is 0 Å². The number of amidine groups is 1. The quantitative estimate of drug-likeness (QED) is 0.352. The van der Waals surface area contributed by atoms with Crippen molar-refractivity contribution in [2.45, 2.75) is 6.54 Å². The summed E-state index contributed by atoms with van der Waals surface area (Å²) in [6, 6.07) is 3.64. The van der Waals surface area contributed by atoms with E-state index < -0.39 is 0 Å². The molecule has 16 heavy (non-hydrogen) atoms. The number of rotatable bonds is 2. The third kappa shape index (κ3) is 3.72. The van der Waals surface area contributed by atoms with Crippen LogP contribution in [0.5, 0.6) is 0 Å². The fourth-order valence-corrected chi connectivity index (χ4v) is 1.79. The van der Waals surface area contributed by atoms with E-state index in [1.807, 2.05) is 24.3 Å². The van der Waals surface area contributed by atoms with Gasteiger partial charge < -0.3 is 4.90 Å². The van der Waals surface area contributed by atoms with Gasteiger partial charge in [-0.15, -0.1) is 4.99 Å². The Labute approximate surface area is 104 Å². The number of aromatic nitrogens is 1. The predicted octanol–water partition coefficient (Wildman–Crippen LogP) is 2.37. The molecule has 0 saturated carbocycles. The predicted molar refractivity (Wildman–Crippen MR) is 67.3 cm³/mol. The maximum absolute atomic E-state index is 8.51. The minimum absolute atomic E-state index is 0.474. The van der Waals surface area contributed by atoms with Crippen molar-refractivity contribution in [3.8, 4) is 6.19 Å². The first-order chi connectivity index (χ1) is 7.67. The first kappa shape index (κ1) is 12.8. The van der Waals surface area contributed by atoms with E-state index in [0.717, 1.165) is 5.56 Å². The molecule has 0 fully saturated rings. The second-order valence-electron chi connectivity index (χ2n) is 3.04. The molecule has 4 nitrogen and oxygen atoms in total.